The second-order valence-electron chi connectivity index (χ2n) is 19.8. The summed E-state index contributed by atoms with van der Waals surface area (Å²) in [5.74, 6) is 1.05. The minimum Gasteiger partial charge on any atom is -0.486 e. The summed E-state index contributed by atoms with van der Waals surface area (Å²) in [6, 6.07) is 9.78. The second-order valence-corrected chi connectivity index (χ2v) is 23.3. The Hall–Kier alpha value is -4.94. The van der Waals surface area contributed by atoms with Gasteiger partial charge in [-0.05, 0) is 77.9 Å². The van der Waals surface area contributed by atoms with Crippen LogP contribution in [0.1, 0.15) is 96.0 Å². The molecule has 2 saturated heterocycles. The topological polar surface area (TPSA) is 262 Å². The number of fused-ring (bicyclic) bond motifs is 2. The van der Waals surface area contributed by atoms with Crippen LogP contribution in [0, 0.1) is 0 Å². The van der Waals surface area contributed by atoms with E-state index < -0.39 is 54.6 Å². The molecule has 6 rings (SSSR count). The Labute approximate surface area is 406 Å². The van der Waals surface area contributed by atoms with Crippen LogP contribution in [0.2, 0.25) is 0 Å². The number of nitrogens with zero attached hydrogens (tertiary/aromatic N) is 3. The number of oxime groups is 1. The van der Waals surface area contributed by atoms with E-state index in [4.69, 9.17) is 28.4 Å². The van der Waals surface area contributed by atoms with Crippen molar-refractivity contribution in [3.05, 3.63) is 47.5 Å². The molecule has 0 bridgehead atoms. The smallest absolute Gasteiger partial charge is 0.407 e. The molecule has 0 unspecified atom stereocenters. The molecule has 0 saturated carbocycles. The highest BCUT2D eigenvalue weighted by Gasteiger charge is 2.44. The van der Waals surface area contributed by atoms with Crippen molar-refractivity contribution in [1.29, 1.82) is 0 Å². The number of hydrogen-bond acceptors (Lipinski definition) is 17. The fraction of sp³-hybridized carbons (Fsp3) is 0.652. The van der Waals surface area contributed by atoms with Crippen LogP contribution in [0.4, 0.5) is 21.0 Å². The first kappa shape index (κ1) is 55.0. The first-order valence-electron chi connectivity index (χ1n) is 23.1. The number of alkyl carbamates (subject to hydrolysis) is 2. The summed E-state index contributed by atoms with van der Waals surface area (Å²) >= 11 is 0. The van der Waals surface area contributed by atoms with Gasteiger partial charge in [0.2, 0.25) is 20.0 Å². The quantitative estimate of drug-likeness (QED) is 0.0860. The first-order chi connectivity index (χ1) is 32.2. The molecule has 21 nitrogen and oxygen atoms in total. The van der Waals surface area contributed by atoms with Gasteiger partial charge in [-0.1, -0.05) is 5.16 Å². The number of ether oxygens (including phenoxy) is 6. The van der Waals surface area contributed by atoms with Gasteiger partial charge in [0.25, 0.3) is 0 Å². The Balaban J connectivity index is 0.000000258. The number of amides is 2. The molecular formula is C46H71N7O14S2. The van der Waals surface area contributed by atoms with Crippen molar-refractivity contribution in [2.24, 2.45) is 5.16 Å². The molecule has 2 fully saturated rings. The average molecular weight is 1010 g/mol. The molecule has 0 atom stereocenters. The molecule has 4 aliphatic heterocycles. The summed E-state index contributed by atoms with van der Waals surface area (Å²) in [7, 11) is -6.84. The minimum absolute atomic E-state index is 0.0346. The molecule has 2 aromatic rings. The number of nitrogens with one attached hydrogen (secondary N) is 4. The normalized spacial score (nSPS) is 18.7. The fourth-order valence-electron chi connectivity index (χ4n) is 8.25. The lowest BCUT2D eigenvalue weighted by molar-refractivity contribution is -0.0148. The summed E-state index contributed by atoms with van der Waals surface area (Å²) in [4.78, 5) is 40.6. The third-order valence-electron chi connectivity index (χ3n) is 11.4. The van der Waals surface area contributed by atoms with Crippen LogP contribution >= 0.6 is 0 Å². The number of sulfonamides is 2. The van der Waals surface area contributed by atoms with Gasteiger partial charge >= 0.3 is 12.2 Å². The zero-order valence-corrected chi connectivity index (χ0v) is 42.7. The Bertz CT molecular complexity index is 2350. The number of hydrogen-bond donors (Lipinski definition) is 5. The van der Waals surface area contributed by atoms with Gasteiger partial charge in [0.05, 0.1) is 56.6 Å². The Morgan fingerprint density at radius 1 is 0.667 bits per heavy atom. The molecule has 386 valence electrons. The highest BCUT2D eigenvalue weighted by atomic mass is 32.2. The lowest BCUT2D eigenvalue weighted by Gasteiger charge is -2.44. The van der Waals surface area contributed by atoms with Crippen LogP contribution in [0.25, 0.3) is 0 Å². The lowest BCUT2D eigenvalue weighted by Crippen LogP contribution is -2.51. The molecule has 23 heteroatoms. The number of benzene rings is 2. The zero-order valence-electron chi connectivity index (χ0n) is 41.1. The Morgan fingerprint density at radius 3 is 1.48 bits per heavy atom. The summed E-state index contributed by atoms with van der Waals surface area (Å²) < 4.78 is 85.1. The standard InChI is InChI=1S/C23H36N4O7S.C23H35N3O7S/c1-22(2,3)34-21(28)24-9-13-32-14-12-27-10-7-23(8-11-27)16-19(25-29)18-15-17(26-35(4,30)31)5-6-20(18)33-23;1-22(2,3)33-21(28)24-9-13-31-14-12-26-10-7-23(8-11-26)16-19(27)18-15-17(25-34(4,29)30)5-6-20(18)32-23/h5-6,15,26,29H,7-14,16H2,1-4H3,(H,24,28);5-6,15,25H,7-14,16H2,1-4H3,(H,24,28)/b25-19+;. The Morgan fingerprint density at radius 2 is 1.07 bits per heavy atom. The van der Waals surface area contributed by atoms with Gasteiger partial charge in [-0.25, -0.2) is 26.4 Å². The molecule has 2 spiro atoms. The van der Waals surface area contributed by atoms with Crippen molar-refractivity contribution >= 4 is 55.1 Å². The number of carbonyl (C=O) groups is 3. The molecular weight excluding hydrogens is 939 g/mol. The highest BCUT2D eigenvalue weighted by Crippen LogP contribution is 2.42. The van der Waals surface area contributed by atoms with Crippen LogP contribution in [-0.4, -0.2) is 169 Å². The van der Waals surface area contributed by atoms with Crippen LogP contribution in [0.5, 0.6) is 11.5 Å². The van der Waals surface area contributed by atoms with Crippen molar-refractivity contribution < 1.29 is 64.8 Å². The molecule has 2 amide bonds. The highest BCUT2D eigenvalue weighted by molar-refractivity contribution is 7.92. The monoisotopic (exact) mass is 1010 g/mol. The number of rotatable bonds is 16. The number of likely N-dealkylation sites (tertiary alicyclic amines) is 2. The number of ketones is 1. The van der Waals surface area contributed by atoms with Crippen molar-refractivity contribution in [2.45, 2.75) is 102 Å². The minimum atomic E-state index is -3.42. The van der Waals surface area contributed by atoms with Gasteiger partial charge in [-0.2, -0.15) is 0 Å². The van der Waals surface area contributed by atoms with Gasteiger partial charge in [0.15, 0.2) is 5.78 Å². The molecule has 5 N–H and O–H groups in total. The van der Waals surface area contributed by atoms with Crippen molar-refractivity contribution in [2.75, 3.05) is 101 Å². The predicted octanol–water partition coefficient (Wildman–Crippen LogP) is 4.79. The van der Waals surface area contributed by atoms with E-state index in [1.54, 1.807) is 30.3 Å². The van der Waals surface area contributed by atoms with Gasteiger partial charge in [-0.15, -0.1) is 0 Å². The van der Waals surface area contributed by atoms with Crippen LogP contribution in [0.15, 0.2) is 41.6 Å². The first-order valence-corrected chi connectivity index (χ1v) is 26.9. The largest absolute Gasteiger partial charge is 0.486 e. The number of piperidine rings is 2. The van der Waals surface area contributed by atoms with Gasteiger partial charge in [-0.3, -0.25) is 14.2 Å². The maximum Gasteiger partial charge on any atom is 0.407 e. The molecule has 2 aromatic carbocycles. The van der Waals surface area contributed by atoms with E-state index in [1.807, 2.05) is 41.5 Å². The summed E-state index contributed by atoms with van der Waals surface area (Å²) in [5, 5.41) is 18.5. The average Bonchev–Trinajstić information content (AvgIpc) is 3.23. The van der Waals surface area contributed by atoms with E-state index >= 15 is 0 Å². The van der Waals surface area contributed by atoms with Gasteiger partial charge < -0.3 is 54.1 Å². The molecule has 0 radical (unpaired) electrons. The molecule has 4 aliphatic rings. The van der Waals surface area contributed by atoms with E-state index in [2.05, 4.69) is 35.0 Å². The van der Waals surface area contributed by atoms with Crippen molar-refractivity contribution in [3.63, 3.8) is 0 Å². The maximum atomic E-state index is 12.8. The van der Waals surface area contributed by atoms with E-state index in [9.17, 15) is 36.4 Å². The van der Waals surface area contributed by atoms with Crippen molar-refractivity contribution in [3.8, 4) is 11.5 Å². The van der Waals surface area contributed by atoms with E-state index in [1.165, 1.54) is 6.07 Å². The van der Waals surface area contributed by atoms with E-state index in [0.717, 1.165) is 77.5 Å². The Kier molecular flexibility index (Phi) is 18.6. The fourth-order valence-corrected chi connectivity index (χ4v) is 9.36. The van der Waals surface area contributed by atoms with Crippen LogP contribution < -0.4 is 29.6 Å². The third-order valence-corrected chi connectivity index (χ3v) is 12.6. The predicted molar refractivity (Wildman–Crippen MR) is 260 cm³/mol. The third kappa shape index (κ3) is 18.4. The number of carbonyl (C=O) groups excluding carboxylic acids is 3. The molecule has 0 aromatic heterocycles. The molecule has 4 heterocycles. The van der Waals surface area contributed by atoms with Crippen LogP contribution in [-0.2, 0) is 39.0 Å². The molecule has 69 heavy (non-hydrogen) atoms. The van der Waals surface area contributed by atoms with Gasteiger partial charge in [0, 0.05) is 101 Å². The zero-order chi connectivity index (χ0) is 50.7. The lowest BCUT2D eigenvalue weighted by atomic mass is 9.82. The summed E-state index contributed by atoms with van der Waals surface area (Å²) in [6.07, 6.45) is 4.93. The van der Waals surface area contributed by atoms with Crippen LogP contribution in [0.3, 0.4) is 0 Å². The second kappa shape index (κ2) is 23.3. The van der Waals surface area contributed by atoms with Crippen molar-refractivity contribution in [1.82, 2.24) is 20.4 Å². The SMILES string of the molecule is CC(C)(C)OC(=O)NCCOCCN1CCC2(CC1)C/C(=N\O)c1cc(NS(C)(=O)=O)ccc1O2.CC(C)(C)OC(=O)NCCOCCN1CCC2(CC1)CC(=O)c1cc(NS(C)(=O)=O)ccc1O2. The summed E-state index contributed by atoms with van der Waals surface area (Å²) in [6.45, 7) is 18.3. The van der Waals surface area contributed by atoms with E-state index in [0.29, 0.717) is 85.7 Å². The summed E-state index contributed by atoms with van der Waals surface area (Å²) in [5.41, 5.74) is 0.190. The molecule has 0 aliphatic carbocycles. The maximum absolute atomic E-state index is 12.8. The number of anilines is 2. The number of Topliss-reactive ketones (excluding diaryl/α,β-unsaturated/α-hetero) is 1. The van der Waals surface area contributed by atoms with Gasteiger partial charge in [0.1, 0.15) is 33.9 Å². The van der Waals surface area contributed by atoms with E-state index in [-0.39, 0.29) is 12.2 Å².